The van der Waals surface area contributed by atoms with Gasteiger partial charge in [0.2, 0.25) is 0 Å². The quantitative estimate of drug-likeness (QED) is 0.232. The molecule has 2 aromatic carbocycles. The van der Waals surface area contributed by atoms with Gasteiger partial charge in [0, 0.05) is 46.1 Å². The number of thiazole rings is 1. The molecule has 1 aliphatic rings. The van der Waals surface area contributed by atoms with Gasteiger partial charge in [-0.2, -0.15) is 0 Å². The van der Waals surface area contributed by atoms with Crippen LogP contribution in [0.25, 0.3) is 10.6 Å². The number of anilines is 1. The van der Waals surface area contributed by atoms with E-state index in [9.17, 15) is 14.1 Å². The minimum absolute atomic E-state index is 0.300. The van der Waals surface area contributed by atoms with Crippen LogP contribution in [0, 0.1) is 0 Å². The summed E-state index contributed by atoms with van der Waals surface area (Å²) in [5.74, 6) is 0.119. The number of fused-ring (bicyclic) bond motifs is 2. The predicted molar refractivity (Wildman–Crippen MR) is 151 cm³/mol. The Kier molecular flexibility index (Phi) is 8.22. The first-order valence-electron chi connectivity index (χ1n) is 12.3. The van der Waals surface area contributed by atoms with Crippen molar-refractivity contribution in [3.05, 3.63) is 83.1 Å². The van der Waals surface area contributed by atoms with Crippen molar-refractivity contribution in [2.75, 3.05) is 32.6 Å². The van der Waals surface area contributed by atoms with Gasteiger partial charge in [0.05, 0.1) is 30.6 Å². The standard InChI is InChI=1S/C28H27N5O4S2/c1-33(2)12-3-13-37-20-7-4-18(5-8-20)28-31-16-21(38-28)15-30-26(34)19-6-9-24-23(14-19)32-27(35)22-10-11-29-17-25(22)39(24)36/h4-11,14,16-17H,3,12-13,15H2,1-2H3,(H,30,34)(H,32,35). The van der Waals surface area contributed by atoms with Gasteiger partial charge in [0.25, 0.3) is 11.8 Å². The lowest BCUT2D eigenvalue weighted by Crippen LogP contribution is -2.22. The van der Waals surface area contributed by atoms with E-state index in [2.05, 4.69) is 25.5 Å². The molecule has 200 valence electrons. The number of benzene rings is 2. The van der Waals surface area contributed by atoms with Crippen molar-refractivity contribution in [3.63, 3.8) is 0 Å². The summed E-state index contributed by atoms with van der Waals surface area (Å²) in [4.78, 5) is 37.8. The van der Waals surface area contributed by atoms with Crippen molar-refractivity contribution in [2.24, 2.45) is 0 Å². The SMILES string of the molecule is CN(C)CCCOc1ccc(-c2ncc(CNC(=O)c3ccc4c(c3)NC(=O)c3ccncc3[S+]4[O-])s2)cc1. The van der Waals surface area contributed by atoms with Crippen LogP contribution in [0.4, 0.5) is 5.69 Å². The normalized spacial score (nSPS) is 14.3. The van der Waals surface area contributed by atoms with E-state index in [1.807, 2.05) is 38.4 Å². The number of nitrogens with zero attached hydrogens (tertiary/aromatic N) is 3. The number of amides is 2. The largest absolute Gasteiger partial charge is 0.606 e. The van der Waals surface area contributed by atoms with Crippen LogP contribution in [0.5, 0.6) is 5.75 Å². The van der Waals surface area contributed by atoms with Crippen molar-refractivity contribution in [1.82, 2.24) is 20.2 Å². The summed E-state index contributed by atoms with van der Waals surface area (Å²) < 4.78 is 18.8. The second kappa shape index (κ2) is 12.0. The molecule has 0 bridgehead atoms. The van der Waals surface area contributed by atoms with Gasteiger partial charge in [-0.15, -0.1) is 11.3 Å². The summed E-state index contributed by atoms with van der Waals surface area (Å²) in [5, 5.41) is 6.51. The van der Waals surface area contributed by atoms with E-state index >= 15 is 0 Å². The van der Waals surface area contributed by atoms with Crippen LogP contribution in [0.15, 0.2) is 76.9 Å². The molecule has 0 spiro atoms. The van der Waals surface area contributed by atoms with Crippen LogP contribution in [-0.2, 0) is 17.7 Å². The molecule has 2 amide bonds. The summed E-state index contributed by atoms with van der Waals surface area (Å²) in [6.07, 6.45) is 5.62. The second-order valence-electron chi connectivity index (χ2n) is 9.15. The van der Waals surface area contributed by atoms with E-state index in [0.717, 1.165) is 34.2 Å². The van der Waals surface area contributed by atoms with Crippen LogP contribution in [0.1, 0.15) is 32.0 Å². The van der Waals surface area contributed by atoms with E-state index in [1.165, 1.54) is 29.8 Å². The average Bonchev–Trinajstić information content (AvgIpc) is 3.39. The molecule has 0 saturated heterocycles. The number of carbonyl (C=O) groups excluding carboxylic acids is 2. The number of hydrogen-bond acceptors (Lipinski definition) is 8. The molecule has 4 aromatic rings. The summed E-state index contributed by atoms with van der Waals surface area (Å²) in [5.41, 5.74) is 1.96. The first-order chi connectivity index (χ1) is 18.9. The van der Waals surface area contributed by atoms with Gasteiger partial charge in [0.15, 0.2) is 9.79 Å². The highest BCUT2D eigenvalue weighted by Gasteiger charge is 2.31. The van der Waals surface area contributed by atoms with Crippen LogP contribution in [0.3, 0.4) is 0 Å². The molecule has 1 atom stereocenters. The zero-order chi connectivity index (χ0) is 27.4. The van der Waals surface area contributed by atoms with Gasteiger partial charge in [0.1, 0.15) is 10.8 Å². The van der Waals surface area contributed by atoms with E-state index < -0.39 is 17.1 Å². The van der Waals surface area contributed by atoms with Gasteiger partial charge in [-0.3, -0.25) is 14.6 Å². The Morgan fingerprint density at radius 2 is 1.95 bits per heavy atom. The Balaban J connectivity index is 1.19. The van der Waals surface area contributed by atoms with Crippen LogP contribution < -0.4 is 15.4 Å². The number of carbonyl (C=O) groups is 2. The van der Waals surface area contributed by atoms with Crippen molar-refractivity contribution in [3.8, 4) is 16.3 Å². The van der Waals surface area contributed by atoms with E-state index in [1.54, 1.807) is 24.4 Å². The lowest BCUT2D eigenvalue weighted by atomic mass is 10.1. The summed E-state index contributed by atoms with van der Waals surface area (Å²) >= 11 is -0.101. The molecule has 2 aromatic heterocycles. The zero-order valence-electron chi connectivity index (χ0n) is 21.5. The summed E-state index contributed by atoms with van der Waals surface area (Å²) in [7, 11) is 4.08. The highest BCUT2D eigenvalue weighted by atomic mass is 32.2. The maximum absolute atomic E-state index is 13.0. The van der Waals surface area contributed by atoms with Crippen LogP contribution in [0.2, 0.25) is 0 Å². The number of pyridine rings is 1. The molecule has 0 fully saturated rings. The lowest BCUT2D eigenvalue weighted by Gasteiger charge is -2.12. The topological polar surface area (TPSA) is 120 Å². The van der Waals surface area contributed by atoms with Gasteiger partial charge >= 0.3 is 0 Å². The van der Waals surface area contributed by atoms with Gasteiger partial charge in [-0.25, -0.2) is 4.98 Å². The van der Waals surface area contributed by atoms with Crippen molar-refractivity contribution >= 4 is 40.0 Å². The predicted octanol–water partition coefficient (Wildman–Crippen LogP) is 4.20. The molecule has 0 radical (unpaired) electrons. The fourth-order valence-electron chi connectivity index (χ4n) is 4.01. The second-order valence-corrected chi connectivity index (χ2v) is 11.7. The van der Waals surface area contributed by atoms with E-state index in [-0.39, 0.29) is 5.91 Å². The van der Waals surface area contributed by atoms with Gasteiger partial charge < -0.3 is 24.8 Å². The molecule has 0 aliphatic carbocycles. The average molecular weight is 562 g/mol. The number of ether oxygens (including phenoxy) is 1. The molecule has 1 unspecified atom stereocenters. The molecule has 9 nitrogen and oxygen atoms in total. The maximum atomic E-state index is 13.0. The smallest absolute Gasteiger partial charge is 0.261 e. The molecular weight excluding hydrogens is 534 g/mol. The van der Waals surface area contributed by atoms with Crippen molar-refractivity contribution in [2.45, 2.75) is 22.8 Å². The lowest BCUT2D eigenvalue weighted by molar-refractivity contribution is 0.0949. The summed E-state index contributed by atoms with van der Waals surface area (Å²) in [6, 6.07) is 14.1. The highest BCUT2D eigenvalue weighted by Crippen LogP contribution is 2.34. The number of hydrogen-bond donors (Lipinski definition) is 2. The molecule has 0 saturated carbocycles. The van der Waals surface area contributed by atoms with E-state index in [4.69, 9.17) is 4.74 Å². The number of aromatic nitrogens is 2. The highest BCUT2D eigenvalue weighted by molar-refractivity contribution is 7.91. The number of nitrogens with one attached hydrogen (secondary N) is 2. The van der Waals surface area contributed by atoms with Gasteiger partial charge in [-0.1, -0.05) is 0 Å². The van der Waals surface area contributed by atoms with Gasteiger partial charge in [-0.05, 0) is 69.0 Å². The zero-order valence-corrected chi connectivity index (χ0v) is 23.1. The van der Waals surface area contributed by atoms with Crippen molar-refractivity contribution in [1.29, 1.82) is 0 Å². The summed E-state index contributed by atoms with van der Waals surface area (Å²) in [6.45, 7) is 1.95. The fraction of sp³-hybridized carbons (Fsp3) is 0.214. The first-order valence-corrected chi connectivity index (χ1v) is 14.3. The third-order valence-electron chi connectivity index (χ3n) is 6.01. The van der Waals surface area contributed by atoms with Crippen LogP contribution >= 0.6 is 11.3 Å². The first kappa shape index (κ1) is 26.8. The Labute approximate surface area is 233 Å². The fourth-order valence-corrected chi connectivity index (χ4v) is 6.12. The maximum Gasteiger partial charge on any atom is 0.261 e. The monoisotopic (exact) mass is 561 g/mol. The number of rotatable bonds is 9. The Hall–Kier alpha value is -3.77. The Morgan fingerprint density at radius 3 is 2.74 bits per heavy atom. The molecule has 2 N–H and O–H groups in total. The molecule has 5 rings (SSSR count). The molecule has 1 aliphatic heterocycles. The van der Waals surface area contributed by atoms with Crippen LogP contribution in [-0.4, -0.2) is 58.5 Å². The molecule has 39 heavy (non-hydrogen) atoms. The van der Waals surface area contributed by atoms with Crippen molar-refractivity contribution < 1.29 is 18.9 Å². The molecular formula is C28H27N5O4S2. The minimum atomic E-state index is -1.60. The Bertz CT molecular complexity index is 1490. The molecule has 3 heterocycles. The molecule has 11 heteroatoms. The minimum Gasteiger partial charge on any atom is -0.606 e. The third-order valence-corrected chi connectivity index (χ3v) is 8.54. The van der Waals surface area contributed by atoms with E-state index in [0.29, 0.717) is 39.8 Å². The Morgan fingerprint density at radius 1 is 1.13 bits per heavy atom. The third kappa shape index (κ3) is 6.28.